The highest BCUT2D eigenvalue weighted by molar-refractivity contribution is 5.88. The van der Waals surface area contributed by atoms with Crippen LogP contribution in [0.25, 0.3) is 11.4 Å². The van der Waals surface area contributed by atoms with Crippen molar-refractivity contribution in [2.45, 2.75) is 0 Å². The predicted molar refractivity (Wildman–Crippen MR) is 79.9 cm³/mol. The molecular formula is C16H11FN2O4. The van der Waals surface area contributed by atoms with Crippen molar-refractivity contribution in [1.82, 2.24) is 9.13 Å². The van der Waals surface area contributed by atoms with Crippen molar-refractivity contribution in [3.05, 3.63) is 76.6 Å². The molecule has 0 bridgehead atoms. The minimum Gasteiger partial charge on any atom is -0.493 e. The lowest BCUT2D eigenvalue weighted by Gasteiger charge is -2.04. The first-order valence-electron chi connectivity index (χ1n) is 6.61. The summed E-state index contributed by atoms with van der Waals surface area (Å²) in [5.41, 5.74) is -0.564. The van der Waals surface area contributed by atoms with Crippen molar-refractivity contribution < 1.29 is 19.4 Å². The molecule has 0 radical (unpaired) electrons. The Bertz CT molecular complexity index is 959. The Balaban J connectivity index is 2.20. The standard InChI is InChI=1S/C16H11FN2O4/c17-12-6-1-2-7-13(12)19-14(20)9-18(16(19)23)11-5-3-4-10(8-11)15(21)22/h1-9,20H,(H,21,22). The third kappa shape index (κ3) is 2.48. The van der Waals surface area contributed by atoms with Crippen LogP contribution in [0.5, 0.6) is 5.88 Å². The van der Waals surface area contributed by atoms with Gasteiger partial charge in [-0.1, -0.05) is 18.2 Å². The van der Waals surface area contributed by atoms with Gasteiger partial charge in [0.05, 0.1) is 23.1 Å². The molecule has 3 aromatic rings. The summed E-state index contributed by atoms with van der Waals surface area (Å²) in [6, 6.07) is 11.2. The van der Waals surface area contributed by atoms with Crippen molar-refractivity contribution in [3.8, 4) is 17.3 Å². The molecule has 0 aliphatic rings. The summed E-state index contributed by atoms with van der Waals surface area (Å²) in [5.74, 6) is -2.26. The Kier molecular flexibility index (Phi) is 3.46. The maximum atomic E-state index is 13.9. The Labute approximate surface area is 129 Å². The van der Waals surface area contributed by atoms with E-state index in [1.54, 1.807) is 0 Å². The molecule has 0 atom stereocenters. The number of nitrogens with zero attached hydrogens (tertiary/aromatic N) is 2. The van der Waals surface area contributed by atoms with E-state index in [2.05, 4.69) is 0 Å². The normalized spacial score (nSPS) is 10.7. The van der Waals surface area contributed by atoms with Crippen molar-refractivity contribution >= 4 is 5.97 Å². The van der Waals surface area contributed by atoms with Crippen LogP contribution in [0.15, 0.2) is 59.5 Å². The Morgan fingerprint density at radius 3 is 2.52 bits per heavy atom. The number of aromatic hydroxyl groups is 1. The molecule has 116 valence electrons. The largest absolute Gasteiger partial charge is 0.493 e. The molecule has 6 nitrogen and oxygen atoms in total. The Morgan fingerprint density at radius 2 is 1.83 bits per heavy atom. The highest BCUT2D eigenvalue weighted by atomic mass is 19.1. The fraction of sp³-hybridized carbons (Fsp3) is 0. The van der Waals surface area contributed by atoms with Crippen molar-refractivity contribution in [2.24, 2.45) is 0 Å². The average Bonchev–Trinajstić information content (AvgIpc) is 2.83. The van der Waals surface area contributed by atoms with Crippen molar-refractivity contribution in [2.75, 3.05) is 0 Å². The molecule has 0 spiro atoms. The monoisotopic (exact) mass is 314 g/mol. The number of hydrogen-bond acceptors (Lipinski definition) is 3. The molecule has 0 saturated carbocycles. The van der Waals surface area contributed by atoms with Gasteiger partial charge in [0.1, 0.15) is 5.82 Å². The molecule has 1 heterocycles. The number of benzene rings is 2. The molecule has 0 fully saturated rings. The van der Waals surface area contributed by atoms with Gasteiger partial charge >= 0.3 is 11.7 Å². The maximum absolute atomic E-state index is 13.9. The number of carboxylic acid groups (broad SMARTS) is 1. The van der Waals surface area contributed by atoms with Crippen LogP contribution in [0.1, 0.15) is 10.4 Å². The van der Waals surface area contributed by atoms with E-state index < -0.39 is 23.4 Å². The molecule has 0 saturated heterocycles. The fourth-order valence-electron chi connectivity index (χ4n) is 2.27. The number of para-hydroxylation sites is 1. The van der Waals surface area contributed by atoms with E-state index in [0.717, 1.165) is 15.3 Å². The summed E-state index contributed by atoms with van der Waals surface area (Å²) in [4.78, 5) is 23.5. The van der Waals surface area contributed by atoms with Gasteiger partial charge in [0.25, 0.3) is 0 Å². The topological polar surface area (TPSA) is 84.5 Å². The van der Waals surface area contributed by atoms with Gasteiger partial charge < -0.3 is 10.2 Å². The lowest BCUT2D eigenvalue weighted by atomic mass is 10.2. The van der Waals surface area contributed by atoms with Crippen LogP contribution < -0.4 is 5.69 Å². The fourth-order valence-corrected chi connectivity index (χ4v) is 2.27. The van der Waals surface area contributed by atoms with Crippen molar-refractivity contribution in [1.29, 1.82) is 0 Å². The van der Waals surface area contributed by atoms with Gasteiger partial charge in [-0.3, -0.25) is 4.57 Å². The van der Waals surface area contributed by atoms with Gasteiger partial charge in [-0.25, -0.2) is 18.5 Å². The van der Waals surface area contributed by atoms with Gasteiger partial charge in [-0.2, -0.15) is 0 Å². The predicted octanol–water partition coefficient (Wildman–Crippen LogP) is 2.17. The smallest absolute Gasteiger partial charge is 0.340 e. The molecule has 1 aromatic heterocycles. The van der Waals surface area contributed by atoms with E-state index in [9.17, 15) is 19.1 Å². The third-order valence-corrected chi connectivity index (χ3v) is 3.34. The molecule has 0 aliphatic heterocycles. The molecule has 0 amide bonds. The van der Waals surface area contributed by atoms with Crippen LogP contribution in [0.4, 0.5) is 4.39 Å². The highest BCUT2D eigenvalue weighted by Gasteiger charge is 2.16. The first kappa shape index (κ1) is 14.6. The molecule has 23 heavy (non-hydrogen) atoms. The lowest BCUT2D eigenvalue weighted by Crippen LogP contribution is -2.22. The number of aromatic nitrogens is 2. The first-order valence-corrected chi connectivity index (χ1v) is 6.61. The number of hydrogen-bond donors (Lipinski definition) is 2. The van der Waals surface area contributed by atoms with E-state index in [0.29, 0.717) is 0 Å². The first-order chi connectivity index (χ1) is 11.0. The molecule has 2 N–H and O–H groups in total. The number of halogens is 1. The SMILES string of the molecule is O=C(O)c1cccc(-n2cc(O)n(-c3ccccc3F)c2=O)c1. The second-order valence-corrected chi connectivity index (χ2v) is 4.78. The number of carboxylic acids is 1. The van der Waals surface area contributed by atoms with E-state index in [1.165, 1.54) is 48.5 Å². The van der Waals surface area contributed by atoms with Crippen LogP contribution in [0, 0.1) is 5.82 Å². The zero-order chi connectivity index (χ0) is 16.6. The number of carbonyl (C=O) groups is 1. The number of aromatic carboxylic acids is 1. The third-order valence-electron chi connectivity index (χ3n) is 3.34. The van der Waals surface area contributed by atoms with Gasteiger partial charge in [-0.05, 0) is 30.3 Å². The molecule has 2 aromatic carbocycles. The summed E-state index contributed by atoms with van der Waals surface area (Å²) in [6.45, 7) is 0. The van der Waals surface area contributed by atoms with Crippen LogP contribution in [0.2, 0.25) is 0 Å². The zero-order valence-corrected chi connectivity index (χ0v) is 11.7. The second-order valence-electron chi connectivity index (χ2n) is 4.78. The van der Waals surface area contributed by atoms with E-state index in [-0.39, 0.29) is 16.9 Å². The molecule has 3 rings (SSSR count). The maximum Gasteiger partial charge on any atom is 0.340 e. The average molecular weight is 314 g/mol. The Morgan fingerprint density at radius 1 is 1.09 bits per heavy atom. The van der Waals surface area contributed by atoms with Crippen LogP contribution >= 0.6 is 0 Å². The van der Waals surface area contributed by atoms with Gasteiger partial charge in [0, 0.05) is 0 Å². The summed E-state index contributed by atoms with van der Waals surface area (Å²) < 4.78 is 15.7. The van der Waals surface area contributed by atoms with Crippen LogP contribution in [0.3, 0.4) is 0 Å². The van der Waals surface area contributed by atoms with Crippen LogP contribution in [-0.4, -0.2) is 25.3 Å². The summed E-state index contributed by atoms with van der Waals surface area (Å²) in [5, 5.41) is 19.0. The van der Waals surface area contributed by atoms with Gasteiger partial charge in [-0.15, -0.1) is 0 Å². The minimum atomic E-state index is -1.14. The van der Waals surface area contributed by atoms with Gasteiger partial charge in [0.15, 0.2) is 0 Å². The van der Waals surface area contributed by atoms with Crippen LogP contribution in [-0.2, 0) is 0 Å². The van der Waals surface area contributed by atoms with Crippen molar-refractivity contribution in [3.63, 3.8) is 0 Å². The number of rotatable bonds is 3. The molecule has 7 heteroatoms. The highest BCUT2D eigenvalue weighted by Crippen LogP contribution is 2.19. The van der Waals surface area contributed by atoms with Gasteiger partial charge in [0.2, 0.25) is 5.88 Å². The van der Waals surface area contributed by atoms with E-state index in [4.69, 9.17) is 5.11 Å². The lowest BCUT2D eigenvalue weighted by molar-refractivity contribution is 0.0697. The summed E-state index contributed by atoms with van der Waals surface area (Å²) in [7, 11) is 0. The number of imidazole rings is 1. The van der Waals surface area contributed by atoms with E-state index in [1.807, 2.05) is 0 Å². The zero-order valence-electron chi connectivity index (χ0n) is 11.7. The quantitative estimate of drug-likeness (QED) is 0.776. The Hall–Kier alpha value is -3.35. The molecule has 0 unspecified atom stereocenters. The summed E-state index contributed by atoms with van der Waals surface area (Å²) in [6.07, 6.45) is 1.11. The molecule has 0 aliphatic carbocycles. The van der Waals surface area contributed by atoms with E-state index >= 15 is 0 Å². The summed E-state index contributed by atoms with van der Waals surface area (Å²) >= 11 is 0. The second kappa shape index (κ2) is 5.45. The molecular weight excluding hydrogens is 303 g/mol. The minimum absolute atomic E-state index is 0.00692.